The number of amides is 2. The summed E-state index contributed by atoms with van der Waals surface area (Å²) in [6.07, 6.45) is 7.81. The number of pyridine rings is 1. The van der Waals surface area contributed by atoms with Gasteiger partial charge in [0.15, 0.2) is 0 Å². The van der Waals surface area contributed by atoms with Gasteiger partial charge in [0.1, 0.15) is 11.4 Å². The number of nitrogens with one attached hydrogen (secondary N) is 1. The molecule has 0 bridgehead atoms. The van der Waals surface area contributed by atoms with Crippen molar-refractivity contribution in [2.75, 3.05) is 13.1 Å². The summed E-state index contributed by atoms with van der Waals surface area (Å²) in [4.78, 5) is 18.8. The van der Waals surface area contributed by atoms with Crippen LogP contribution in [-0.4, -0.2) is 34.6 Å². The number of benzene rings is 1. The molecule has 2 amide bonds. The highest BCUT2D eigenvalue weighted by atomic mass is 16.5. The molecule has 2 aliphatic heterocycles. The van der Waals surface area contributed by atoms with Gasteiger partial charge in [0.2, 0.25) is 0 Å². The van der Waals surface area contributed by atoms with Crippen molar-refractivity contribution in [3.8, 4) is 5.75 Å². The molecule has 1 fully saturated rings. The number of aromatic nitrogens is 1. The number of likely N-dealkylation sites (tertiary alicyclic amines) is 1. The number of piperidine rings is 1. The number of urea groups is 1. The number of carbonyl (C=O) groups excluding carboxylic acids is 1. The third kappa shape index (κ3) is 3.29. The first kappa shape index (κ1) is 16.6. The van der Waals surface area contributed by atoms with E-state index >= 15 is 0 Å². The monoisotopic (exact) mass is 349 g/mol. The van der Waals surface area contributed by atoms with Crippen molar-refractivity contribution in [1.29, 1.82) is 0 Å². The molecule has 26 heavy (non-hydrogen) atoms. The van der Waals surface area contributed by atoms with E-state index in [2.05, 4.69) is 22.5 Å². The molecule has 2 aromatic rings. The summed E-state index contributed by atoms with van der Waals surface area (Å²) < 4.78 is 6.30. The molecule has 0 saturated carbocycles. The molecule has 1 atom stereocenters. The van der Waals surface area contributed by atoms with Gasteiger partial charge in [0.05, 0.1) is 18.8 Å². The average molecular weight is 349 g/mol. The summed E-state index contributed by atoms with van der Waals surface area (Å²) in [5, 5.41) is 3.00. The van der Waals surface area contributed by atoms with Crippen molar-refractivity contribution in [3.63, 3.8) is 0 Å². The maximum absolute atomic E-state index is 12.7. The highest BCUT2D eigenvalue weighted by Gasteiger charge is 2.39. The van der Waals surface area contributed by atoms with Crippen molar-refractivity contribution in [1.82, 2.24) is 15.2 Å². The minimum atomic E-state index is -0.426. The lowest BCUT2D eigenvalue weighted by Crippen LogP contribution is -2.55. The molecule has 4 rings (SSSR count). The zero-order chi connectivity index (χ0) is 18.0. The lowest BCUT2D eigenvalue weighted by Gasteiger charge is -2.42. The van der Waals surface area contributed by atoms with E-state index in [1.165, 1.54) is 0 Å². The molecule has 1 aromatic carbocycles. The van der Waals surface area contributed by atoms with E-state index in [1.54, 1.807) is 6.20 Å². The van der Waals surface area contributed by atoms with Gasteiger partial charge < -0.3 is 15.0 Å². The van der Waals surface area contributed by atoms with Gasteiger partial charge in [-0.15, -0.1) is 0 Å². The standard InChI is InChI=1S/C21H23N3O2/c1-16-6-4-12-22-18(16)14-23-20(25)24-13-5-10-21(15-24)11-9-17-7-2-3-8-19(17)26-21/h2-4,6-9,11-12H,5,10,13-15H2,1H3,(H,23,25). The van der Waals surface area contributed by atoms with Gasteiger partial charge in [-0.25, -0.2) is 4.79 Å². The van der Waals surface area contributed by atoms with Crippen LogP contribution in [0, 0.1) is 6.92 Å². The van der Waals surface area contributed by atoms with Crippen molar-refractivity contribution < 1.29 is 9.53 Å². The number of para-hydroxylation sites is 1. The Bertz CT molecular complexity index is 849. The summed E-state index contributed by atoms with van der Waals surface area (Å²) in [6.45, 7) is 3.75. The van der Waals surface area contributed by atoms with Gasteiger partial charge in [0, 0.05) is 18.3 Å². The zero-order valence-corrected chi connectivity index (χ0v) is 14.9. The Morgan fingerprint density at radius 1 is 1.31 bits per heavy atom. The molecule has 1 unspecified atom stereocenters. The normalized spacial score (nSPS) is 21.2. The summed E-state index contributed by atoms with van der Waals surface area (Å²) in [5.74, 6) is 0.890. The van der Waals surface area contributed by atoms with Crippen LogP contribution >= 0.6 is 0 Å². The number of fused-ring (bicyclic) bond motifs is 1. The lowest BCUT2D eigenvalue weighted by atomic mass is 9.89. The molecule has 1 aromatic heterocycles. The maximum Gasteiger partial charge on any atom is 0.317 e. The lowest BCUT2D eigenvalue weighted by molar-refractivity contribution is 0.0414. The Labute approximate surface area is 153 Å². The quantitative estimate of drug-likeness (QED) is 0.902. The third-order valence-corrected chi connectivity index (χ3v) is 5.10. The van der Waals surface area contributed by atoms with E-state index < -0.39 is 5.60 Å². The predicted octanol–water partition coefficient (Wildman–Crippen LogP) is 3.54. The number of rotatable bonds is 2. The molecule has 134 valence electrons. The van der Waals surface area contributed by atoms with Crippen molar-refractivity contribution in [2.24, 2.45) is 0 Å². The highest BCUT2D eigenvalue weighted by Crippen LogP contribution is 2.35. The fourth-order valence-corrected chi connectivity index (χ4v) is 3.62. The Hall–Kier alpha value is -2.82. The van der Waals surface area contributed by atoms with Gasteiger partial charge >= 0.3 is 6.03 Å². The summed E-state index contributed by atoms with van der Waals surface area (Å²) in [5.41, 5.74) is 2.64. The molecule has 5 heteroatoms. The number of hydrogen-bond donors (Lipinski definition) is 1. The van der Waals surface area contributed by atoms with Crippen LogP contribution in [0.4, 0.5) is 4.79 Å². The maximum atomic E-state index is 12.7. The van der Waals surface area contributed by atoms with Gasteiger partial charge in [-0.2, -0.15) is 0 Å². The van der Waals surface area contributed by atoms with Crippen LogP contribution in [0.1, 0.15) is 29.7 Å². The Morgan fingerprint density at radius 2 is 2.19 bits per heavy atom. The Kier molecular flexibility index (Phi) is 4.37. The fourth-order valence-electron chi connectivity index (χ4n) is 3.62. The van der Waals surface area contributed by atoms with Gasteiger partial charge in [-0.05, 0) is 43.5 Å². The zero-order valence-electron chi connectivity index (χ0n) is 14.9. The van der Waals surface area contributed by atoms with E-state index in [1.807, 2.05) is 48.2 Å². The van der Waals surface area contributed by atoms with Crippen LogP contribution < -0.4 is 10.1 Å². The van der Waals surface area contributed by atoms with E-state index in [4.69, 9.17) is 4.74 Å². The molecule has 0 radical (unpaired) electrons. The van der Waals surface area contributed by atoms with Gasteiger partial charge in [-0.1, -0.05) is 30.3 Å². The molecular formula is C21H23N3O2. The number of hydrogen-bond acceptors (Lipinski definition) is 3. The van der Waals surface area contributed by atoms with E-state index in [-0.39, 0.29) is 6.03 Å². The molecule has 0 aliphatic carbocycles. The SMILES string of the molecule is Cc1cccnc1CNC(=O)N1CCCC2(C=Cc3ccccc3O2)C1. The van der Waals surface area contributed by atoms with E-state index in [0.717, 1.165) is 42.0 Å². The van der Waals surface area contributed by atoms with E-state index in [9.17, 15) is 4.79 Å². The molecule has 5 nitrogen and oxygen atoms in total. The minimum Gasteiger partial charge on any atom is -0.481 e. The molecule has 2 aliphatic rings. The van der Waals surface area contributed by atoms with Crippen molar-refractivity contribution in [2.45, 2.75) is 31.9 Å². The second-order valence-electron chi connectivity index (χ2n) is 6.99. The first-order chi connectivity index (χ1) is 12.7. The summed E-state index contributed by atoms with van der Waals surface area (Å²) in [7, 11) is 0. The van der Waals surface area contributed by atoms with Crippen LogP contribution in [0.3, 0.4) is 0 Å². The van der Waals surface area contributed by atoms with Gasteiger partial charge in [-0.3, -0.25) is 4.98 Å². The Morgan fingerprint density at radius 3 is 3.08 bits per heavy atom. The second-order valence-corrected chi connectivity index (χ2v) is 6.99. The average Bonchev–Trinajstić information content (AvgIpc) is 2.67. The fraction of sp³-hybridized carbons (Fsp3) is 0.333. The van der Waals surface area contributed by atoms with Crippen molar-refractivity contribution in [3.05, 3.63) is 65.5 Å². The van der Waals surface area contributed by atoms with Crippen LogP contribution in [-0.2, 0) is 6.54 Å². The first-order valence-electron chi connectivity index (χ1n) is 9.06. The topological polar surface area (TPSA) is 54.5 Å². The second kappa shape index (κ2) is 6.83. The smallest absolute Gasteiger partial charge is 0.317 e. The van der Waals surface area contributed by atoms with E-state index in [0.29, 0.717) is 13.1 Å². The molecule has 1 N–H and O–H groups in total. The molecule has 1 spiro atoms. The summed E-state index contributed by atoms with van der Waals surface area (Å²) >= 11 is 0. The molecule has 1 saturated heterocycles. The first-order valence-corrected chi connectivity index (χ1v) is 9.06. The highest BCUT2D eigenvalue weighted by molar-refractivity contribution is 5.74. The number of aryl methyl sites for hydroxylation is 1. The summed E-state index contributed by atoms with van der Waals surface area (Å²) in [6, 6.07) is 11.9. The minimum absolute atomic E-state index is 0.0648. The van der Waals surface area contributed by atoms with Crippen LogP contribution in [0.2, 0.25) is 0 Å². The van der Waals surface area contributed by atoms with Gasteiger partial charge in [0.25, 0.3) is 0 Å². The molecule has 3 heterocycles. The largest absolute Gasteiger partial charge is 0.481 e. The van der Waals surface area contributed by atoms with Crippen LogP contribution in [0.15, 0.2) is 48.7 Å². The van der Waals surface area contributed by atoms with Crippen molar-refractivity contribution >= 4 is 12.1 Å². The number of carbonyl (C=O) groups is 1. The predicted molar refractivity (Wildman–Crippen MR) is 101 cm³/mol. The number of ether oxygens (including phenoxy) is 1. The molecular weight excluding hydrogens is 326 g/mol. The number of nitrogens with zero attached hydrogens (tertiary/aromatic N) is 2. The van der Waals surface area contributed by atoms with Crippen LogP contribution in [0.5, 0.6) is 5.75 Å². The van der Waals surface area contributed by atoms with Crippen LogP contribution in [0.25, 0.3) is 6.08 Å². The third-order valence-electron chi connectivity index (χ3n) is 5.10. The Balaban J connectivity index is 1.42.